The molecule has 0 aromatic rings. The van der Waals surface area contributed by atoms with Crippen molar-refractivity contribution in [2.24, 2.45) is 11.8 Å². The summed E-state index contributed by atoms with van der Waals surface area (Å²) in [7, 11) is 0. The molecule has 92 valence electrons. The SMILES string of the molecule is CCC(C(=O)O)C(=O)CCC1CCCCC1. The second kappa shape index (κ2) is 6.66. The zero-order valence-electron chi connectivity index (χ0n) is 10.1. The van der Waals surface area contributed by atoms with Gasteiger partial charge in [-0.2, -0.15) is 0 Å². The standard InChI is InChI=1S/C13H22O3/c1-2-11(13(15)16)12(14)9-8-10-6-4-3-5-7-10/h10-11H,2-9H2,1H3,(H,15,16). The maximum Gasteiger partial charge on any atom is 0.314 e. The van der Waals surface area contributed by atoms with E-state index >= 15 is 0 Å². The Balaban J connectivity index is 2.30. The van der Waals surface area contributed by atoms with E-state index in [1.54, 1.807) is 6.92 Å². The third-order valence-corrected chi connectivity index (χ3v) is 3.62. The molecule has 0 saturated heterocycles. The molecule has 0 bridgehead atoms. The molecule has 3 heteroatoms. The summed E-state index contributed by atoms with van der Waals surface area (Å²) in [4.78, 5) is 22.5. The van der Waals surface area contributed by atoms with Crippen LogP contribution in [-0.4, -0.2) is 16.9 Å². The number of aliphatic carboxylic acids is 1. The van der Waals surface area contributed by atoms with Crippen molar-refractivity contribution in [2.45, 2.75) is 58.3 Å². The van der Waals surface area contributed by atoms with E-state index in [1.807, 2.05) is 0 Å². The molecule has 0 aromatic carbocycles. The molecule has 1 unspecified atom stereocenters. The average Bonchev–Trinajstić information content (AvgIpc) is 2.28. The number of Topliss-reactive ketones (excluding diaryl/α,β-unsaturated/α-hetero) is 1. The van der Waals surface area contributed by atoms with Crippen LogP contribution in [0.25, 0.3) is 0 Å². The third-order valence-electron chi connectivity index (χ3n) is 3.62. The minimum Gasteiger partial charge on any atom is -0.481 e. The van der Waals surface area contributed by atoms with Gasteiger partial charge in [0.25, 0.3) is 0 Å². The van der Waals surface area contributed by atoms with Gasteiger partial charge in [0.2, 0.25) is 0 Å². The van der Waals surface area contributed by atoms with E-state index in [2.05, 4.69) is 0 Å². The normalized spacial score (nSPS) is 19.3. The Labute approximate surface area is 97.2 Å². The topological polar surface area (TPSA) is 54.4 Å². The van der Waals surface area contributed by atoms with E-state index in [4.69, 9.17) is 5.11 Å². The number of carboxylic acid groups (broad SMARTS) is 1. The Kier molecular flexibility index (Phi) is 5.50. The van der Waals surface area contributed by atoms with Crippen molar-refractivity contribution in [1.29, 1.82) is 0 Å². The van der Waals surface area contributed by atoms with Gasteiger partial charge >= 0.3 is 5.97 Å². The lowest BCUT2D eigenvalue weighted by Gasteiger charge is -2.21. The molecule has 1 aliphatic rings. The Bertz CT molecular complexity index is 242. The predicted octanol–water partition coefficient (Wildman–Crippen LogP) is 3.03. The predicted molar refractivity (Wildman–Crippen MR) is 62.2 cm³/mol. The number of rotatable bonds is 6. The maximum atomic E-state index is 11.7. The highest BCUT2D eigenvalue weighted by molar-refractivity contribution is 5.98. The summed E-state index contributed by atoms with van der Waals surface area (Å²) in [6.45, 7) is 1.76. The van der Waals surface area contributed by atoms with E-state index in [1.165, 1.54) is 32.1 Å². The number of hydrogen-bond acceptors (Lipinski definition) is 2. The summed E-state index contributed by atoms with van der Waals surface area (Å²) in [6.07, 6.45) is 8.06. The van der Waals surface area contributed by atoms with Gasteiger partial charge in [0, 0.05) is 6.42 Å². The highest BCUT2D eigenvalue weighted by atomic mass is 16.4. The number of carbonyl (C=O) groups excluding carboxylic acids is 1. The zero-order valence-corrected chi connectivity index (χ0v) is 10.1. The highest BCUT2D eigenvalue weighted by Gasteiger charge is 2.24. The largest absolute Gasteiger partial charge is 0.481 e. The molecule has 1 aliphatic carbocycles. The van der Waals surface area contributed by atoms with E-state index < -0.39 is 11.9 Å². The van der Waals surface area contributed by atoms with Crippen molar-refractivity contribution in [3.8, 4) is 0 Å². The van der Waals surface area contributed by atoms with E-state index in [9.17, 15) is 9.59 Å². The fraction of sp³-hybridized carbons (Fsp3) is 0.846. The Morgan fingerprint density at radius 1 is 1.25 bits per heavy atom. The van der Waals surface area contributed by atoms with E-state index in [0.717, 1.165) is 6.42 Å². The van der Waals surface area contributed by atoms with Gasteiger partial charge in [0.15, 0.2) is 0 Å². The average molecular weight is 226 g/mol. The Morgan fingerprint density at radius 3 is 2.38 bits per heavy atom. The Morgan fingerprint density at radius 2 is 1.88 bits per heavy atom. The van der Waals surface area contributed by atoms with Crippen molar-refractivity contribution in [3.05, 3.63) is 0 Å². The lowest BCUT2D eigenvalue weighted by atomic mass is 9.84. The number of hydrogen-bond donors (Lipinski definition) is 1. The first-order valence-electron chi connectivity index (χ1n) is 6.40. The third kappa shape index (κ3) is 3.95. The minimum atomic E-state index is -0.962. The van der Waals surface area contributed by atoms with Gasteiger partial charge in [-0.1, -0.05) is 39.0 Å². The molecule has 0 spiro atoms. The molecule has 0 aromatic heterocycles. The van der Waals surface area contributed by atoms with Crippen LogP contribution in [0.2, 0.25) is 0 Å². The fourth-order valence-corrected chi connectivity index (χ4v) is 2.54. The minimum absolute atomic E-state index is 0.0828. The molecule has 3 nitrogen and oxygen atoms in total. The second-order valence-electron chi connectivity index (χ2n) is 4.81. The molecule has 0 amide bonds. The lowest BCUT2D eigenvalue weighted by Crippen LogP contribution is -2.23. The monoisotopic (exact) mass is 226 g/mol. The van der Waals surface area contributed by atoms with Crippen molar-refractivity contribution in [3.63, 3.8) is 0 Å². The van der Waals surface area contributed by atoms with Crippen LogP contribution in [0.3, 0.4) is 0 Å². The van der Waals surface area contributed by atoms with Gasteiger partial charge in [0.1, 0.15) is 11.7 Å². The molecule has 0 heterocycles. The van der Waals surface area contributed by atoms with Crippen molar-refractivity contribution in [1.82, 2.24) is 0 Å². The maximum absolute atomic E-state index is 11.7. The molecule has 1 fully saturated rings. The van der Waals surface area contributed by atoms with Gasteiger partial charge in [-0.3, -0.25) is 9.59 Å². The summed E-state index contributed by atoms with van der Waals surface area (Å²) in [5, 5.41) is 8.86. The first kappa shape index (κ1) is 13.2. The van der Waals surface area contributed by atoms with Gasteiger partial charge in [-0.25, -0.2) is 0 Å². The van der Waals surface area contributed by atoms with Crippen molar-refractivity contribution < 1.29 is 14.7 Å². The van der Waals surface area contributed by atoms with Crippen LogP contribution in [-0.2, 0) is 9.59 Å². The lowest BCUT2D eigenvalue weighted by molar-refractivity contribution is -0.146. The number of ketones is 1. The van der Waals surface area contributed by atoms with Gasteiger partial charge in [0.05, 0.1) is 0 Å². The van der Waals surface area contributed by atoms with Crippen LogP contribution >= 0.6 is 0 Å². The molecule has 1 atom stereocenters. The quantitative estimate of drug-likeness (QED) is 0.708. The van der Waals surface area contributed by atoms with Crippen LogP contribution in [0.15, 0.2) is 0 Å². The first-order valence-corrected chi connectivity index (χ1v) is 6.40. The zero-order chi connectivity index (χ0) is 12.0. The molecule has 0 aliphatic heterocycles. The molecule has 1 saturated carbocycles. The number of carboxylic acids is 1. The van der Waals surface area contributed by atoms with Gasteiger partial charge in [-0.05, 0) is 18.8 Å². The Hall–Kier alpha value is -0.860. The number of carbonyl (C=O) groups is 2. The molecular formula is C13H22O3. The van der Waals surface area contributed by atoms with Gasteiger partial charge in [-0.15, -0.1) is 0 Å². The smallest absolute Gasteiger partial charge is 0.314 e. The van der Waals surface area contributed by atoms with Crippen LogP contribution in [0, 0.1) is 11.8 Å². The van der Waals surface area contributed by atoms with Crippen LogP contribution in [0.4, 0.5) is 0 Å². The molecule has 1 N–H and O–H groups in total. The van der Waals surface area contributed by atoms with Crippen molar-refractivity contribution >= 4 is 11.8 Å². The summed E-state index contributed by atoms with van der Waals surface area (Å²) in [5.74, 6) is -1.16. The fourth-order valence-electron chi connectivity index (χ4n) is 2.54. The van der Waals surface area contributed by atoms with E-state index in [-0.39, 0.29) is 5.78 Å². The summed E-state index contributed by atoms with van der Waals surface area (Å²) in [5.41, 5.74) is 0. The highest BCUT2D eigenvalue weighted by Crippen LogP contribution is 2.27. The van der Waals surface area contributed by atoms with Crippen LogP contribution in [0.5, 0.6) is 0 Å². The van der Waals surface area contributed by atoms with Crippen molar-refractivity contribution in [2.75, 3.05) is 0 Å². The van der Waals surface area contributed by atoms with Crippen LogP contribution < -0.4 is 0 Å². The van der Waals surface area contributed by atoms with E-state index in [0.29, 0.717) is 18.8 Å². The van der Waals surface area contributed by atoms with Gasteiger partial charge < -0.3 is 5.11 Å². The second-order valence-corrected chi connectivity index (χ2v) is 4.81. The summed E-state index contributed by atoms with van der Waals surface area (Å²) in [6, 6.07) is 0. The summed E-state index contributed by atoms with van der Waals surface area (Å²) >= 11 is 0. The van der Waals surface area contributed by atoms with Crippen LogP contribution in [0.1, 0.15) is 58.3 Å². The summed E-state index contributed by atoms with van der Waals surface area (Å²) < 4.78 is 0. The molecule has 0 radical (unpaired) electrons. The molecule has 1 rings (SSSR count). The first-order chi connectivity index (χ1) is 7.65. The molecular weight excluding hydrogens is 204 g/mol. The molecule has 16 heavy (non-hydrogen) atoms.